The third-order valence-corrected chi connectivity index (χ3v) is 3.69. The smallest absolute Gasteiger partial charge is 0.227 e. The second kappa shape index (κ2) is 6.02. The van der Waals surface area contributed by atoms with Gasteiger partial charge in [0, 0.05) is 6.54 Å². The van der Waals surface area contributed by atoms with E-state index in [9.17, 15) is 9.90 Å². The molecule has 0 bridgehead atoms. The van der Waals surface area contributed by atoms with Gasteiger partial charge in [0.05, 0.1) is 17.5 Å². The second-order valence-corrected chi connectivity index (χ2v) is 5.32. The van der Waals surface area contributed by atoms with Gasteiger partial charge in [-0.3, -0.25) is 4.79 Å². The molecule has 3 N–H and O–H groups in total. The van der Waals surface area contributed by atoms with Crippen LogP contribution in [0, 0.1) is 0 Å². The maximum absolute atomic E-state index is 12.3. The predicted molar refractivity (Wildman–Crippen MR) is 77.9 cm³/mol. The third kappa shape index (κ3) is 3.44. The summed E-state index contributed by atoms with van der Waals surface area (Å²) in [5.74, 6) is 0.193. The van der Waals surface area contributed by atoms with Crippen LogP contribution in [0.5, 0.6) is 5.75 Å². The zero-order chi connectivity index (χ0) is 13.8. The number of rotatable bonds is 3. The Balaban J connectivity index is 2.07. The molecule has 1 amide bonds. The number of nitrogens with two attached hydrogens (primary N) is 1. The van der Waals surface area contributed by atoms with Crippen molar-refractivity contribution in [3.05, 3.63) is 29.8 Å². The number of phenolic OH excluding ortho intramolecular Hbond substituents is 1. The molecule has 1 aliphatic heterocycles. The average molecular weight is 278 g/mol. The first kappa shape index (κ1) is 13.8. The molecular formula is C14H18N2O2S. The van der Waals surface area contributed by atoms with E-state index in [1.807, 2.05) is 6.07 Å². The standard InChI is InChI=1S/C14H18N2O2S/c15-14(19)12-6-1-2-7-16(12)13(18)9-10-4-3-5-11(17)8-10/h3-5,8,12,17H,1-2,6-7,9H2,(H2,15,19). The molecule has 0 spiro atoms. The summed E-state index contributed by atoms with van der Waals surface area (Å²) in [4.78, 5) is 14.5. The highest BCUT2D eigenvalue weighted by molar-refractivity contribution is 7.80. The lowest BCUT2D eigenvalue weighted by molar-refractivity contribution is -0.132. The first-order valence-corrected chi connectivity index (χ1v) is 6.85. The number of carbonyl (C=O) groups excluding carboxylic acids is 1. The minimum Gasteiger partial charge on any atom is -0.508 e. The minimum absolute atomic E-state index is 0.0168. The fourth-order valence-electron chi connectivity index (χ4n) is 2.47. The van der Waals surface area contributed by atoms with Gasteiger partial charge in [-0.05, 0) is 37.0 Å². The molecule has 1 saturated heterocycles. The van der Waals surface area contributed by atoms with Gasteiger partial charge < -0.3 is 15.7 Å². The van der Waals surface area contributed by atoms with E-state index < -0.39 is 0 Å². The highest BCUT2D eigenvalue weighted by Gasteiger charge is 2.28. The third-order valence-electron chi connectivity index (χ3n) is 3.42. The van der Waals surface area contributed by atoms with Gasteiger partial charge in [0.2, 0.25) is 5.91 Å². The quantitative estimate of drug-likeness (QED) is 0.824. The molecule has 1 heterocycles. The minimum atomic E-state index is -0.117. The molecule has 1 aliphatic rings. The molecule has 0 aliphatic carbocycles. The SMILES string of the molecule is NC(=S)C1CCCCN1C(=O)Cc1cccc(O)c1. The summed E-state index contributed by atoms with van der Waals surface area (Å²) >= 11 is 5.04. The van der Waals surface area contributed by atoms with E-state index in [-0.39, 0.29) is 24.1 Å². The van der Waals surface area contributed by atoms with Crippen molar-refractivity contribution in [3.63, 3.8) is 0 Å². The van der Waals surface area contributed by atoms with E-state index in [4.69, 9.17) is 18.0 Å². The summed E-state index contributed by atoms with van der Waals surface area (Å²) in [7, 11) is 0. The molecule has 1 aromatic carbocycles. The van der Waals surface area contributed by atoms with Crippen LogP contribution in [0.3, 0.4) is 0 Å². The first-order chi connectivity index (χ1) is 9.08. The van der Waals surface area contributed by atoms with Crippen molar-refractivity contribution in [3.8, 4) is 5.75 Å². The van der Waals surface area contributed by atoms with Crippen LogP contribution in [0.4, 0.5) is 0 Å². The lowest BCUT2D eigenvalue weighted by atomic mass is 10.0. The topological polar surface area (TPSA) is 66.6 Å². The molecule has 0 aromatic heterocycles. The van der Waals surface area contributed by atoms with Crippen LogP contribution in [0.25, 0.3) is 0 Å². The molecule has 1 unspecified atom stereocenters. The average Bonchev–Trinajstić information content (AvgIpc) is 2.38. The van der Waals surface area contributed by atoms with Crippen molar-refractivity contribution >= 4 is 23.1 Å². The number of phenols is 1. The van der Waals surface area contributed by atoms with Crippen LogP contribution in [-0.4, -0.2) is 33.5 Å². The molecule has 4 nitrogen and oxygen atoms in total. The number of amides is 1. The molecule has 0 saturated carbocycles. The number of aromatic hydroxyl groups is 1. The predicted octanol–water partition coefficient (Wildman–Crippen LogP) is 1.60. The lowest BCUT2D eigenvalue weighted by Gasteiger charge is -2.35. The van der Waals surface area contributed by atoms with Gasteiger partial charge in [0.25, 0.3) is 0 Å². The Labute approximate surface area is 118 Å². The van der Waals surface area contributed by atoms with Gasteiger partial charge in [0.15, 0.2) is 0 Å². The molecule has 1 aromatic rings. The Kier molecular flexibility index (Phi) is 4.37. The van der Waals surface area contributed by atoms with E-state index >= 15 is 0 Å². The summed E-state index contributed by atoms with van der Waals surface area (Å²) in [5.41, 5.74) is 6.51. The van der Waals surface area contributed by atoms with Crippen molar-refractivity contribution in [2.75, 3.05) is 6.54 Å². The van der Waals surface area contributed by atoms with Crippen LogP contribution in [0.1, 0.15) is 24.8 Å². The van der Waals surface area contributed by atoms with Gasteiger partial charge in [-0.1, -0.05) is 24.4 Å². The van der Waals surface area contributed by atoms with Gasteiger partial charge in [-0.25, -0.2) is 0 Å². The molecule has 19 heavy (non-hydrogen) atoms. The van der Waals surface area contributed by atoms with Crippen LogP contribution in [-0.2, 0) is 11.2 Å². The number of hydrogen-bond acceptors (Lipinski definition) is 3. The molecule has 1 fully saturated rings. The Morgan fingerprint density at radius 2 is 2.26 bits per heavy atom. The van der Waals surface area contributed by atoms with Gasteiger partial charge in [-0.15, -0.1) is 0 Å². The highest BCUT2D eigenvalue weighted by Crippen LogP contribution is 2.19. The van der Waals surface area contributed by atoms with Crippen LogP contribution in [0.15, 0.2) is 24.3 Å². The molecular weight excluding hydrogens is 260 g/mol. The zero-order valence-corrected chi connectivity index (χ0v) is 11.5. The van der Waals surface area contributed by atoms with Crippen LogP contribution in [0.2, 0.25) is 0 Å². The zero-order valence-electron chi connectivity index (χ0n) is 10.7. The number of likely N-dealkylation sites (tertiary alicyclic amines) is 1. The second-order valence-electron chi connectivity index (χ2n) is 4.85. The molecule has 0 radical (unpaired) electrons. The number of hydrogen-bond donors (Lipinski definition) is 2. The number of thiocarbonyl (C=S) groups is 1. The Bertz CT molecular complexity index is 490. The summed E-state index contributed by atoms with van der Waals surface area (Å²) < 4.78 is 0. The van der Waals surface area contributed by atoms with Crippen molar-refractivity contribution in [1.29, 1.82) is 0 Å². The Morgan fingerprint density at radius 3 is 2.95 bits per heavy atom. The largest absolute Gasteiger partial charge is 0.508 e. The van der Waals surface area contributed by atoms with Gasteiger partial charge in [-0.2, -0.15) is 0 Å². The van der Waals surface area contributed by atoms with Crippen molar-refractivity contribution in [1.82, 2.24) is 4.90 Å². The fourth-order valence-corrected chi connectivity index (χ4v) is 2.71. The molecule has 2 rings (SSSR count). The summed E-state index contributed by atoms with van der Waals surface area (Å²) in [6.07, 6.45) is 3.16. The van der Waals surface area contributed by atoms with E-state index in [2.05, 4.69) is 0 Å². The summed E-state index contributed by atoms with van der Waals surface area (Å²) in [5, 5.41) is 9.41. The van der Waals surface area contributed by atoms with E-state index in [1.54, 1.807) is 23.1 Å². The normalized spacial score (nSPS) is 19.2. The lowest BCUT2D eigenvalue weighted by Crippen LogP contribution is -2.50. The monoisotopic (exact) mass is 278 g/mol. The first-order valence-electron chi connectivity index (χ1n) is 6.44. The van der Waals surface area contributed by atoms with E-state index in [0.717, 1.165) is 24.8 Å². The Hall–Kier alpha value is -1.62. The van der Waals surface area contributed by atoms with E-state index in [1.165, 1.54) is 0 Å². The maximum atomic E-state index is 12.3. The number of benzene rings is 1. The fraction of sp³-hybridized carbons (Fsp3) is 0.429. The number of piperidine rings is 1. The van der Waals surface area contributed by atoms with Crippen LogP contribution < -0.4 is 5.73 Å². The van der Waals surface area contributed by atoms with Crippen molar-refractivity contribution in [2.24, 2.45) is 5.73 Å². The van der Waals surface area contributed by atoms with Gasteiger partial charge in [0.1, 0.15) is 5.75 Å². The Morgan fingerprint density at radius 1 is 1.47 bits per heavy atom. The number of carbonyl (C=O) groups is 1. The van der Waals surface area contributed by atoms with Crippen LogP contribution >= 0.6 is 12.2 Å². The van der Waals surface area contributed by atoms with Crippen molar-refractivity contribution in [2.45, 2.75) is 31.7 Å². The van der Waals surface area contributed by atoms with E-state index in [0.29, 0.717) is 11.5 Å². The maximum Gasteiger partial charge on any atom is 0.227 e. The summed E-state index contributed by atoms with van der Waals surface area (Å²) in [6.45, 7) is 0.708. The van der Waals surface area contributed by atoms with Gasteiger partial charge >= 0.3 is 0 Å². The summed E-state index contributed by atoms with van der Waals surface area (Å²) in [6, 6.07) is 6.65. The number of nitrogens with zero attached hydrogens (tertiary/aromatic N) is 1. The molecule has 1 atom stereocenters. The molecule has 102 valence electrons. The van der Waals surface area contributed by atoms with Crippen molar-refractivity contribution < 1.29 is 9.90 Å². The molecule has 5 heteroatoms. The highest BCUT2D eigenvalue weighted by atomic mass is 32.1.